The maximum atomic E-state index is 3.54. The Morgan fingerprint density at radius 1 is 0.778 bits per heavy atom. The van der Waals surface area contributed by atoms with Crippen LogP contribution >= 0.6 is 0 Å². The Morgan fingerprint density at radius 3 is 1.82 bits per heavy atom. The average Bonchev–Trinajstić information content (AvgIpc) is 3.60. The van der Waals surface area contributed by atoms with Crippen LogP contribution in [-0.2, 0) is 30.7 Å². The summed E-state index contributed by atoms with van der Waals surface area (Å²) in [5, 5.41) is 0. The van der Waals surface area contributed by atoms with Crippen LogP contribution in [0.15, 0.2) is 96.6 Å². The topological polar surface area (TPSA) is 0 Å². The monoisotopic (exact) mass is 710 g/mol. The van der Waals surface area contributed by atoms with E-state index in [4.69, 9.17) is 0 Å². The molecule has 2 aliphatic rings. The molecule has 2 aliphatic carbocycles. The molecule has 0 heterocycles. The van der Waals surface area contributed by atoms with E-state index in [1.165, 1.54) is 101 Å². The summed E-state index contributed by atoms with van der Waals surface area (Å²) in [6, 6.07) is 31.6. The predicted molar refractivity (Wildman–Crippen MR) is 182 cm³/mol. The molecule has 0 fully saturated rings. The molecule has 0 nitrogen and oxygen atoms in total. The maximum absolute atomic E-state index is 3.54. The van der Waals surface area contributed by atoms with E-state index in [1.54, 1.807) is 0 Å². The Morgan fingerprint density at radius 2 is 1.31 bits per heavy atom. The molecule has 4 aromatic rings. The van der Waals surface area contributed by atoms with Gasteiger partial charge in [-0.25, -0.2) is 6.08 Å². The van der Waals surface area contributed by atoms with Crippen LogP contribution in [0.3, 0.4) is 0 Å². The molecule has 0 saturated heterocycles. The van der Waals surface area contributed by atoms with Crippen LogP contribution in [0.2, 0.25) is 0 Å². The quantitative estimate of drug-likeness (QED) is 0.234. The van der Waals surface area contributed by atoms with Crippen molar-refractivity contribution in [2.24, 2.45) is 11.3 Å². The third-order valence-electron chi connectivity index (χ3n) is 8.42. The summed E-state index contributed by atoms with van der Waals surface area (Å²) in [4.78, 5) is 0. The van der Waals surface area contributed by atoms with Gasteiger partial charge in [0, 0.05) is 0 Å². The molecule has 3 heteroatoms. The zero-order chi connectivity index (χ0) is 31.1. The van der Waals surface area contributed by atoms with Gasteiger partial charge in [-0.15, -0.1) is 11.1 Å². The number of hydrogen-bond acceptors (Lipinski definition) is 0. The Bertz CT molecular complexity index is 1530. The van der Waals surface area contributed by atoms with Gasteiger partial charge in [0.1, 0.15) is 0 Å². The molecule has 0 bridgehead atoms. The van der Waals surface area contributed by atoms with Gasteiger partial charge in [0.2, 0.25) is 0 Å². The predicted octanol–water partition coefficient (Wildman–Crippen LogP) is 4.85. The first kappa shape index (κ1) is 38.9. The second kappa shape index (κ2) is 17.6. The molecule has 0 aromatic heterocycles. The third-order valence-corrected chi connectivity index (χ3v) is 9.84. The Balaban J connectivity index is 0.000000234. The van der Waals surface area contributed by atoms with E-state index in [2.05, 4.69) is 159 Å². The fourth-order valence-electron chi connectivity index (χ4n) is 5.48. The van der Waals surface area contributed by atoms with Crippen molar-refractivity contribution in [2.75, 3.05) is 0 Å². The van der Waals surface area contributed by atoms with Crippen LogP contribution in [0.1, 0.15) is 85.0 Å². The molecule has 0 spiro atoms. The molecule has 4 aromatic carbocycles. The molecule has 0 aliphatic heterocycles. The van der Waals surface area contributed by atoms with Crippen molar-refractivity contribution < 1.29 is 49.0 Å². The molecule has 0 saturated carbocycles. The van der Waals surface area contributed by atoms with Gasteiger partial charge in [-0.3, -0.25) is 6.08 Å². The van der Waals surface area contributed by atoms with Crippen LogP contribution in [-0.4, -0.2) is 3.21 Å². The number of rotatable bonds is 4. The van der Waals surface area contributed by atoms with Gasteiger partial charge in [-0.1, -0.05) is 83.4 Å². The van der Waals surface area contributed by atoms with E-state index in [0.29, 0.717) is 11.3 Å². The van der Waals surface area contributed by atoms with Crippen LogP contribution in [0.4, 0.5) is 0 Å². The number of benzene rings is 4. The summed E-state index contributed by atoms with van der Waals surface area (Å²) in [5.41, 5.74) is 15.5. The van der Waals surface area contributed by atoms with Crippen LogP contribution in [0.25, 0.3) is 11.1 Å². The minimum absolute atomic E-state index is 0. The summed E-state index contributed by atoms with van der Waals surface area (Å²) in [5.74, 6) is 0.587. The summed E-state index contributed by atoms with van der Waals surface area (Å²) in [6.07, 6.45) is 11.5. The average molecular weight is 713 g/mol. The molecule has 0 N–H and O–H groups in total. The van der Waals surface area contributed by atoms with E-state index >= 15 is 0 Å². The molecule has 1 atom stereocenters. The Hall–Kier alpha value is -2.31. The van der Waals surface area contributed by atoms with Gasteiger partial charge in [0.25, 0.3) is 0 Å². The fourth-order valence-corrected chi connectivity index (χ4v) is 6.30. The number of hydrogen-bond donors (Lipinski definition) is 0. The first-order valence-electron chi connectivity index (χ1n) is 15.6. The van der Waals surface area contributed by atoms with Crippen LogP contribution < -0.4 is 24.8 Å². The van der Waals surface area contributed by atoms with Gasteiger partial charge < -0.3 is 24.8 Å². The molecule has 45 heavy (non-hydrogen) atoms. The molecule has 6 rings (SSSR count). The molecule has 0 amide bonds. The van der Waals surface area contributed by atoms with Crippen molar-refractivity contribution in [3.05, 3.63) is 153 Å². The molecule has 0 radical (unpaired) electrons. The first-order chi connectivity index (χ1) is 20.5. The van der Waals surface area contributed by atoms with Crippen molar-refractivity contribution in [1.82, 2.24) is 0 Å². The Kier molecular flexibility index (Phi) is 15.2. The van der Waals surface area contributed by atoms with Crippen LogP contribution in [0.5, 0.6) is 0 Å². The number of fused-ring (bicyclic) bond motifs is 3. The summed E-state index contributed by atoms with van der Waals surface area (Å²) in [6.45, 7) is 17.7. The second-order valence-electron chi connectivity index (χ2n) is 12.9. The minimum atomic E-state index is 0. The van der Waals surface area contributed by atoms with Gasteiger partial charge in [-0.05, 0) is 37.0 Å². The van der Waals surface area contributed by atoms with Gasteiger partial charge in [0.15, 0.2) is 0 Å². The van der Waals surface area contributed by atoms with Crippen molar-refractivity contribution in [1.29, 1.82) is 0 Å². The van der Waals surface area contributed by atoms with Gasteiger partial charge in [0.05, 0.1) is 0 Å². The van der Waals surface area contributed by atoms with E-state index in [-0.39, 0.29) is 24.8 Å². The number of allylic oxidation sites excluding steroid dienone is 4. The summed E-state index contributed by atoms with van der Waals surface area (Å²) >= 11 is 1.46. The second-order valence-corrected chi connectivity index (χ2v) is 14.2. The van der Waals surface area contributed by atoms with Gasteiger partial charge in [-0.2, -0.15) is 34.9 Å². The van der Waals surface area contributed by atoms with Crippen molar-refractivity contribution >= 4 is 3.21 Å². The van der Waals surface area contributed by atoms with Gasteiger partial charge >= 0.3 is 99.2 Å². The summed E-state index contributed by atoms with van der Waals surface area (Å²) < 4.78 is 1.42. The van der Waals surface area contributed by atoms with E-state index in [1.807, 2.05) is 0 Å². The molecule has 234 valence electrons. The molecule has 1 unspecified atom stereocenters. The number of halogens is 2. The SMILES string of the molecule is CCCC1[C-]=CC(C(C)(C)C)=C1.Cc1[c-]c2c(cc1C)-c1cc(C)c(C)cc1C2.[Cl-].[Cl-].[Zr+2]=[C](c1ccccc1)c1ccccc1. The molecular formula is C42H46Cl2Zr-2. The van der Waals surface area contributed by atoms with E-state index in [0.717, 1.165) is 6.42 Å². The van der Waals surface area contributed by atoms with E-state index < -0.39 is 0 Å². The summed E-state index contributed by atoms with van der Waals surface area (Å²) in [7, 11) is 0. The zero-order valence-electron chi connectivity index (χ0n) is 28.1. The van der Waals surface area contributed by atoms with Crippen molar-refractivity contribution in [3.8, 4) is 11.1 Å². The third kappa shape index (κ3) is 10.3. The van der Waals surface area contributed by atoms with Crippen molar-refractivity contribution in [2.45, 2.75) is 74.7 Å². The Labute approximate surface area is 300 Å². The molecular weight excluding hydrogens is 667 g/mol. The standard InChI is InChI=1S/C17H17.C13H10.C12H19.2ClH.Zr/c1-10-5-14-9-15-6-11(2)13(4)8-17(15)16(14)7-12(10)3;1-3-7-12(8-4-1)11-13-9-5-2-6-10-13;1-5-6-10-7-8-11(9-10)12(2,3)4;;;/h5,7-8H,9H2,1-4H3;1-10H;8-10H,5-6H2,1-4H3;2*1H;/q-1;;-1;;;+2/p-2. The zero-order valence-corrected chi connectivity index (χ0v) is 32.1. The van der Waals surface area contributed by atoms with Crippen LogP contribution in [0, 0.1) is 51.2 Å². The van der Waals surface area contributed by atoms with Crippen molar-refractivity contribution in [3.63, 3.8) is 0 Å². The normalized spacial score (nSPS) is 13.9. The first-order valence-corrected chi connectivity index (χ1v) is 16.8. The fraction of sp³-hybridized carbons (Fsp3) is 0.310. The number of aryl methyl sites for hydroxylation is 4. The van der Waals surface area contributed by atoms with E-state index in [9.17, 15) is 0 Å².